The van der Waals surface area contributed by atoms with Crippen molar-refractivity contribution in [1.82, 2.24) is 15.2 Å². The first kappa shape index (κ1) is 13.7. The Morgan fingerprint density at radius 2 is 2.00 bits per heavy atom. The maximum absolute atomic E-state index is 12.7. The fourth-order valence-corrected chi connectivity index (χ4v) is 3.14. The summed E-state index contributed by atoms with van der Waals surface area (Å²) in [5.41, 5.74) is 0.737. The van der Waals surface area contributed by atoms with Gasteiger partial charge in [-0.3, -0.25) is 24.8 Å². The van der Waals surface area contributed by atoms with Crippen LogP contribution in [0.3, 0.4) is 0 Å². The third kappa shape index (κ3) is 2.11. The van der Waals surface area contributed by atoms with Gasteiger partial charge < -0.3 is 0 Å². The Hall–Kier alpha value is -2.24. The molecule has 110 valence electrons. The minimum atomic E-state index is -1.03. The average molecular weight is 287 g/mol. The van der Waals surface area contributed by atoms with Gasteiger partial charge in [0, 0.05) is 12.4 Å². The molecule has 2 fully saturated rings. The summed E-state index contributed by atoms with van der Waals surface area (Å²) in [5.74, 6) is -0.789. The maximum atomic E-state index is 12.7. The Labute approximate surface area is 122 Å². The highest BCUT2D eigenvalue weighted by molar-refractivity contribution is 6.19. The normalized spacial score (nSPS) is 21.0. The predicted molar refractivity (Wildman–Crippen MR) is 74.0 cm³/mol. The SMILES string of the molecule is Cc1cnccc1CN1C(=O)NC(=O)C2(CCCC2)C1=O. The first-order valence-electron chi connectivity index (χ1n) is 7.11. The minimum Gasteiger partial charge on any atom is -0.277 e. The quantitative estimate of drug-likeness (QED) is 0.837. The van der Waals surface area contributed by atoms with Gasteiger partial charge in [0.25, 0.3) is 0 Å². The van der Waals surface area contributed by atoms with E-state index >= 15 is 0 Å². The number of aromatic nitrogens is 1. The predicted octanol–water partition coefficient (Wildman–Crippen LogP) is 1.53. The van der Waals surface area contributed by atoms with Crippen molar-refractivity contribution in [3.63, 3.8) is 0 Å². The van der Waals surface area contributed by atoms with E-state index in [1.807, 2.05) is 6.92 Å². The number of imide groups is 2. The number of urea groups is 1. The molecule has 1 aromatic rings. The van der Waals surface area contributed by atoms with Gasteiger partial charge in [0.05, 0.1) is 6.54 Å². The Morgan fingerprint density at radius 1 is 1.29 bits per heavy atom. The van der Waals surface area contributed by atoms with Crippen LogP contribution in [0, 0.1) is 12.3 Å². The average Bonchev–Trinajstić information content (AvgIpc) is 2.95. The number of carbonyl (C=O) groups excluding carboxylic acids is 3. The number of amides is 4. The number of rotatable bonds is 2. The van der Waals surface area contributed by atoms with Gasteiger partial charge in [-0.25, -0.2) is 4.79 Å². The van der Waals surface area contributed by atoms with Crippen LogP contribution in [0.5, 0.6) is 0 Å². The van der Waals surface area contributed by atoms with Crippen molar-refractivity contribution < 1.29 is 14.4 Å². The van der Waals surface area contributed by atoms with Crippen molar-refractivity contribution in [1.29, 1.82) is 0 Å². The maximum Gasteiger partial charge on any atom is 0.331 e. The second-order valence-electron chi connectivity index (χ2n) is 5.74. The number of hydrogen-bond acceptors (Lipinski definition) is 4. The van der Waals surface area contributed by atoms with Gasteiger partial charge >= 0.3 is 6.03 Å². The van der Waals surface area contributed by atoms with Gasteiger partial charge in [-0.2, -0.15) is 0 Å². The second-order valence-corrected chi connectivity index (χ2v) is 5.74. The van der Waals surface area contributed by atoms with E-state index in [1.54, 1.807) is 18.5 Å². The third-order valence-corrected chi connectivity index (χ3v) is 4.48. The molecule has 0 unspecified atom stereocenters. The summed E-state index contributed by atoms with van der Waals surface area (Å²) in [7, 11) is 0. The van der Waals surface area contributed by atoms with Gasteiger partial charge in [0.2, 0.25) is 11.8 Å². The van der Waals surface area contributed by atoms with Crippen LogP contribution >= 0.6 is 0 Å². The molecule has 6 nitrogen and oxygen atoms in total. The van der Waals surface area contributed by atoms with Crippen molar-refractivity contribution in [2.24, 2.45) is 5.41 Å². The summed E-state index contributed by atoms with van der Waals surface area (Å²) in [6.07, 6.45) is 6.06. The lowest BCUT2D eigenvalue weighted by atomic mass is 9.82. The molecule has 3 rings (SSSR count). The zero-order chi connectivity index (χ0) is 15.0. The zero-order valence-corrected chi connectivity index (χ0v) is 11.9. The summed E-state index contributed by atoms with van der Waals surface area (Å²) in [4.78, 5) is 42.0. The molecular formula is C15H17N3O3. The molecule has 6 heteroatoms. The topological polar surface area (TPSA) is 79.4 Å². The van der Waals surface area contributed by atoms with E-state index in [0.29, 0.717) is 12.8 Å². The molecule has 0 aromatic carbocycles. The van der Waals surface area contributed by atoms with E-state index in [2.05, 4.69) is 10.3 Å². The Morgan fingerprint density at radius 3 is 2.67 bits per heavy atom. The first-order valence-corrected chi connectivity index (χ1v) is 7.11. The highest BCUT2D eigenvalue weighted by atomic mass is 16.2. The lowest BCUT2D eigenvalue weighted by Gasteiger charge is -2.36. The lowest BCUT2D eigenvalue weighted by Crippen LogP contribution is -2.62. The monoisotopic (exact) mass is 287 g/mol. The Kier molecular flexibility index (Phi) is 3.23. The molecule has 1 aliphatic heterocycles. The first-order chi connectivity index (χ1) is 10.0. The van der Waals surface area contributed by atoms with Crippen LogP contribution in [0.1, 0.15) is 36.8 Å². The molecule has 4 amide bonds. The van der Waals surface area contributed by atoms with E-state index in [9.17, 15) is 14.4 Å². The number of aryl methyl sites for hydroxylation is 1. The van der Waals surface area contributed by atoms with E-state index in [0.717, 1.165) is 28.9 Å². The van der Waals surface area contributed by atoms with Crippen LogP contribution in [0.25, 0.3) is 0 Å². The molecule has 0 bridgehead atoms. The summed E-state index contributed by atoms with van der Waals surface area (Å²) >= 11 is 0. The van der Waals surface area contributed by atoms with Gasteiger partial charge in [-0.1, -0.05) is 12.8 Å². The highest BCUT2D eigenvalue weighted by Crippen LogP contribution is 2.42. The smallest absolute Gasteiger partial charge is 0.277 e. The number of carbonyl (C=O) groups is 3. The number of nitrogens with one attached hydrogen (secondary N) is 1. The van der Waals surface area contributed by atoms with Crippen LogP contribution in [0.4, 0.5) is 4.79 Å². The van der Waals surface area contributed by atoms with E-state index < -0.39 is 17.4 Å². The van der Waals surface area contributed by atoms with Gasteiger partial charge in [-0.05, 0) is 37.0 Å². The highest BCUT2D eigenvalue weighted by Gasteiger charge is 2.54. The zero-order valence-electron chi connectivity index (χ0n) is 11.9. The largest absolute Gasteiger partial charge is 0.331 e. The molecule has 1 aromatic heterocycles. The van der Waals surface area contributed by atoms with Crippen LogP contribution in [-0.4, -0.2) is 27.7 Å². The van der Waals surface area contributed by atoms with Crippen LogP contribution in [0.15, 0.2) is 18.5 Å². The summed E-state index contributed by atoms with van der Waals surface area (Å²) in [6, 6.07) is 1.16. The van der Waals surface area contributed by atoms with Gasteiger partial charge in [0.15, 0.2) is 0 Å². The van der Waals surface area contributed by atoms with Crippen molar-refractivity contribution in [2.75, 3.05) is 0 Å². The summed E-state index contributed by atoms with van der Waals surface area (Å²) in [5, 5.41) is 2.34. The molecule has 0 radical (unpaired) electrons. The van der Waals surface area contributed by atoms with E-state index in [4.69, 9.17) is 0 Å². The van der Waals surface area contributed by atoms with Crippen molar-refractivity contribution in [2.45, 2.75) is 39.2 Å². The van der Waals surface area contributed by atoms with Crippen LogP contribution in [-0.2, 0) is 16.1 Å². The fourth-order valence-electron chi connectivity index (χ4n) is 3.14. The molecule has 1 saturated heterocycles. The van der Waals surface area contributed by atoms with Gasteiger partial charge in [-0.15, -0.1) is 0 Å². The second kappa shape index (κ2) is 4.95. The van der Waals surface area contributed by atoms with Crippen molar-refractivity contribution in [3.05, 3.63) is 29.6 Å². The molecule has 2 aliphatic rings. The standard InChI is InChI=1S/C15H17N3O3/c1-10-8-16-7-4-11(10)9-18-13(20)15(5-2-3-6-15)12(19)17-14(18)21/h4,7-8H,2-3,5-6,9H2,1H3,(H,17,19,21). The fraction of sp³-hybridized carbons (Fsp3) is 0.467. The van der Waals surface area contributed by atoms with Gasteiger partial charge in [0.1, 0.15) is 5.41 Å². The molecular weight excluding hydrogens is 270 g/mol. The van der Waals surface area contributed by atoms with E-state index in [-0.39, 0.29) is 12.5 Å². The Bertz CT molecular complexity index is 620. The third-order valence-electron chi connectivity index (χ3n) is 4.48. The number of hydrogen-bond donors (Lipinski definition) is 1. The molecule has 21 heavy (non-hydrogen) atoms. The number of pyridine rings is 1. The molecule has 1 aliphatic carbocycles. The lowest BCUT2D eigenvalue weighted by molar-refractivity contribution is -0.151. The molecule has 1 spiro atoms. The number of nitrogens with zero attached hydrogens (tertiary/aromatic N) is 2. The molecule has 0 atom stereocenters. The number of barbiturate groups is 1. The van der Waals surface area contributed by atoms with Crippen molar-refractivity contribution >= 4 is 17.8 Å². The van der Waals surface area contributed by atoms with Crippen LogP contribution in [0.2, 0.25) is 0 Å². The minimum absolute atomic E-state index is 0.175. The van der Waals surface area contributed by atoms with Crippen LogP contribution < -0.4 is 5.32 Å². The molecule has 2 heterocycles. The molecule has 1 saturated carbocycles. The summed E-state index contributed by atoms with van der Waals surface area (Å²) in [6.45, 7) is 2.05. The summed E-state index contributed by atoms with van der Waals surface area (Å²) < 4.78 is 0. The van der Waals surface area contributed by atoms with Crippen molar-refractivity contribution in [3.8, 4) is 0 Å². The molecule has 1 N–H and O–H groups in total. The van der Waals surface area contributed by atoms with E-state index in [1.165, 1.54) is 0 Å². The Balaban J connectivity index is 1.91.